The fourth-order valence-electron chi connectivity index (χ4n) is 3.70. The van der Waals surface area contributed by atoms with Crippen LogP contribution in [0.5, 0.6) is 0 Å². The minimum atomic E-state index is -0.103. The zero-order valence-corrected chi connectivity index (χ0v) is 16.0. The van der Waals surface area contributed by atoms with Gasteiger partial charge in [0.15, 0.2) is 0 Å². The third-order valence-electron chi connectivity index (χ3n) is 4.92. The maximum absolute atomic E-state index is 12.4. The van der Waals surface area contributed by atoms with Crippen LogP contribution < -0.4 is 10.2 Å². The van der Waals surface area contributed by atoms with E-state index in [0.717, 1.165) is 41.5 Å². The Morgan fingerprint density at radius 3 is 3.00 bits per heavy atom. The number of fused-ring (bicyclic) bond motifs is 1. The van der Waals surface area contributed by atoms with Crippen molar-refractivity contribution in [3.63, 3.8) is 0 Å². The highest BCUT2D eigenvalue weighted by Crippen LogP contribution is 2.36. The minimum Gasteiger partial charge on any atom is -0.353 e. The summed E-state index contributed by atoms with van der Waals surface area (Å²) in [5, 5.41) is 3.86. The summed E-state index contributed by atoms with van der Waals surface area (Å²) in [4.78, 5) is 33.3. The number of thioether (sulfide) groups is 1. The third kappa shape index (κ3) is 3.98. The summed E-state index contributed by atoms with van der Waals surface area (Å²) in [5.74, 6) is 0.203. The third-order valence-corrected chi connectivity index (χ3v) is 5.87. The van der Waals surface area contributed by atoms with E-state index in [4.69, 9.17) is 0 Å². The second-order valence-corrected chi connectivity index (χ2v) is 7.70. The van der Waals surface area contributed by atoms with Gasteiger partial charge in [0.1, 0.15) is 11.6 Å². The van der Waals surface area contributed by atoms with Crippen molar-refractivity contribution in [2.45, 2.75) is 44.7 Å². The molecule has 0 spiro atoms. The molecule has 2 aliphatic rings. The Morgan fingerprint density at radius 2 is 2.24 bits per heavy atom. The summed E-state index contributed by atoms with van der Waals surface area (Å²) in [6, 6.07) is 2.38. The Morgan fingerprint density at radius 1 is 1.44 bits per heavy atom. The predicted octanol–water partition coefficient (Wildman–Crippen LogP) is 1.74. The molecule has 0 unspecified atom stereocenters. The smallest absolute Gasteiger partial charge is 0.240 e. The van der Waals surface area contributed by atoms with Crippen LogP contribution in [-0.2, 0) is 9.59 Å². The van der Waals surface area contributed by atoms with Crippen LogP contribution in [0.25, 0.3) is 0 Å². The normalized spacial score (nSPS) is 20.7. The van der Waals surface area contributed by atoms with E-state index in [-0.39, 0.29) is 18.4 Å². The summed E-state index contributed by atoms with van der Waals surface area (Å²) in [5.41, 5.74) is 2.71. The topological polar surface area (TPSA) is 65.5 Å². The monoisotopic (exact) mass is 362 g/mol. The largest absolute Gasteiger partial charge is 0.353 e. The van der Waals surface area contributed by atoms with Crippen molar-refractivity contribution in [1.29, 1.82) is 0 Å². The van der Waals surface area contributed by atoms with Crippen LogP contribution in [0.4, 0.5) is 5.69 Å². The van der Waals surface area contributed by atoms with E-state index < -0.39 is 0 Å². The number of hydrogen-bond acceptors (Lipinski definition) is 5. The Bertz CT molecular complexity index is 679. The number of hydrogen-bond donors (Lipinski definition) is 1. The number of anilines is 1. The number of nitrogens with zero attached hydrogens (tertiary/aromatic N) is 3. The van der Waals surface area contributed by atoms with Gasteiger partial charge in [-0.3, -0.25) is 19.4 Å². The molecule has 0 saturated carbocycles. The van der Waals surface area contributed by atoms with Gasteiger partial charge in [0.05, 0.1) is 11.4 Å². The molecule has 0 radical (unpaired) electrons. The summed E-state index contributed by atoms with van der Waals surface area (Å²) in [6.07, 6.45) is 2.31. The van der Waals surface area contributed by atoms with Crippen molar-refractivity contribution in [2.75, 3.05) is 36.8 Å². The predicted molar refractivity (Wildman–Crippen MR) is 100 cm³/mol. The molecular formula is C18H26N4O2S. The van der Waals surface area contributed by atoms with Crippen LogP contribution >= 0.6 is 11.8 Å². The minimum absolute atomic E-state index is 0.0301. The molecule has 1 aromatic rings. The standard InChI is InChI=1S/C18H26N4O2S/c1-4-21-7-5-6-14(21)9-19-15(23)10-22-16(24)11-25-18-17(22)12(2)8-13(3)20-18/h8,14H,4-7,9-11H2,1-3H3,(H,19,23)/t14-/m1/s1. The van der Waals surface area contributed by atoms with E-state index in [2.05, 4.69) is 22.1 Å². The lowest BCUT2D eigenvalue weighted by Crippen LogP contribution is -2.46. The fraction of sp³-hybridized carbons (Fsp3) is 0.611. The average Bonchev–Trinajstić information content (AvgIpc) is 3.03. The summed E-state index contributed by atoms with van der Waals surface area (Å²) >= 11 is 1.45. The molecule has 6 nitrogen and oxygen atoms in total. The lowest BCUT2D eigenvalue weighted by atomic mass is 10.2. The summed E-state index contributed by atoms with van der Waals surface area (Å²) < 4.78 is 0. The number of aryl methyl sites for hydroxylation is 2. The van der Waals surface area contributed by atoms with E-state index in [0.29, 0.717) is 18.3 Å². The molecule has 2 aliphatic heterocycles. The highest BCUT2D eigenvalue weighted by Gasteiger charge is 2.30. The average molecular weight is 362 g/mol. The number of amides is 2. The SMILES string of the molecule is CCN1CCC[C@@H]1CNC(=O)CN1C(=O)CSc2nc(C)cc(C)c21. The molecule has 0 aromatic carbocycles. The quantitative estimate of drug-likeness (QED) is 0.864. The van der Waals surface area contributed by atoms with Gasteiger partial charge in [-0.25, -0.2) is 4.98 Å². The van der Waals surface area contributed by atoms with Gasteiger partial charge in [-0.15, -0.1) is 0 Å². The molecule has 1 saturated heterocycles. The van der Waals surface area contributed by atoms with Gasteiger partial charge in [-0.1, -0.05) is 18.7 Å². The molecule has 0 aliphatic carbocycles. The zero-order valence-electron chi connectivity index (χ0n) is 15.2. The molecule has 1 N–H and O–H groups in total. The number of likely N-dealkylation sites (N-methyl/N-ethyl adjacent to an activating group) is 1. The Hall–Kier alpha value is -1.60. The van der Waals surface area contributed by atoms with Crippen LogP contribution in [0, 0.1) is 13.8 Å². The van der Waals surface area contributed by atoms with E-state index in [1.165, 1.54) is 18.2 Å². The van der Waals surface area contributed by atoms with Crippen LogP contribution in [0.1, 0.15) is 31.0 Å². The van der Waals surface area contributed by atoms with Crippen LogP contribution in [0.15, 0.2) is 11.1 Å². The second-order valence-electron chi connectivity index (χ2n) is 6.73. The molecule has 3 rings (SSSR count). The molecule has 7 heteroatoms. The summed E-state index contributed by atoms with van der Waals surface area (Å²) in [6.45, 7) is 8.91. The van der Waals surface area contributed by atoms with Gasteiger partial charge in [0.25, 0.3) is 0 Å². The van der Waals surface area contributed by atoms with Crippen LogP contribution in [0.2, 0.25) is 0 Å². The first-order valence-corrected chi connectivity index (χ1v) is 9.90. The number of rotatable bonds is 5. The lowest BCUT2D eigenvalue weighted by molar-refractivity contribution is -0.123. The number of carbonyl (C=O) groups is 2. The number of carbonyl (C=O) groups excluding carboxylic acids is 2. The molecule has 1 atom stereocenters. The van der Waals surface area contributed by atoms with Crippen LogP contribution in [-0.4, -0.2) is 59.7 Å². The molecule has 1 fully saturated rings. The van der Waals surface area contributed by atoms with Crippen molar-refractivity contribution < 1.29 is 9.59 Å². The van der Waals surface area contributed by atoms with Gasteiger partial charge in [0, 0.05) is 18.3 Å². The Kier molecular flexibility index (Phi) is 5.64. The number of pyridine rings is 1. The maximum Gasteiger partial charge on any atom is 0.240 e. The molecule has 136 valence electrons. The molecule has 2 amide bonds. The van der Waals surface area contributed by atoms with Crippen LogP contribution in [0.3, 0.4) is 0 Å². The number of nitrogens with one attached hydrogen (secondary N) is 1. The lowest BCUT2D eigenvalue weighted by Gasteiger charge is -2.30. The zero-order chi connectivity index (χ0) is 18.0. The van der Waals surface area contributed by atoms with Gasteiger partial charge in [-0.2, -0.15) is 0 Å². The Balaban J connectivity index is 1.66. The first kappa shape index (κ1) is 18.2. The van der Waals surface area contributed by atoms with Crippen molar-refractivity contribution >= 4 is 29.3 Å². The Labute approximate surface area is 153 Å². The van der Waals surface area contributed by atoms with E-state index in [9.17, 15) is 9.59 Å². The molecule has 0 bridgehead atoms. The number of aromatic nitrogens is 1. The van der Waals surface area contributed by atoms with Gasteiger partial charge < -0.3 is 5.32 Å². The molecule has 25 heavy (non-hydrogen) atoms. The van der Waals surface area contributed by atoms with Crippen molar-refractivity contribution in [2.24, 2.45) is 0 Å². The van der Waals surface area contributed by atoms with E-state index >= 15 is 0 Å². The second kappa shape index (κ2) is 7.74. The fourth-order valence-corrected chi connectivity index (χ4v) is 4.73. The molecular weight excluding hydrogens is 336 g/mol. The first-order valence-electron chi connectivity index (χ1n) is 8.91. The van der Waals surface area contributed by atoms with Gasteiger partial charge >= 0.3 is 0 Å². The van der Waals surface area contributed by atoms with E-state index in [1.807, 2.05) is 19.9 Å². The highest BCUT2D eigenvalue weighted by atomic mass is 32.2. The first-order chi connectivity index (χ1) is 12.0. The van der Waals surface area contributed by atoms with Gasteiger partial charge in [0.2, 0.25) is 11.8 Å². The van der Waals surface area contributed by atoms with Crippen molar-refractivity contribution in [1.82, 2.24) is 15.2 Å². The van der Waals surface area contributed by atoms with Crippen molar-refractivity contribution in [3.8, 4) is 0 Å². The van der Waals surface area contributed by atoms with Gasteiger partial charge in [-0.05, 0) is 51.4 Å². The maximum atomic E-state index is 12.4. The van der Waals surface area contributed by atoms with Crippen molar-refractivity contribution in [3.05, 3.63) is 17.3 Å². The number of likely N-dealkylation sites (tertiary alicyclic amines) is 1. The molecule has 3 heterocycles. The highest BCUT2D eigenvalue weighted by molar-refractivity contribution is 8.00. The summed E-state index contributed by atoms with van der Waals surface area (Å²) in [7, 11) is 0. The van der Waals surface area contributed by atoms with E-state index in [1.54, 1.807) is 4.90 Å². The molecule has 1 aromatic heterocycles.